The first-order valence-corrected chi connectivity index (χ1v) is 7.17. The molecule has 0 aromatic heterocycles. The minimum atomic E-state index is -0.481. The first-order valence-electron chi connectivity index (χ1n) is 6.38. The zero-order chi connectivity index (χ0) is 14.9. The molecule has 2 rings (SSSR count). The Morgan fingerprint density at radius 2 is 2.10 bits per heavy atom. The third-order valence-electron chi connectivity index (χ3n) is 3.26. The second-order valence-corrected chi connectivity index (χ2v) is 5.89. The van der Waals surface area contributed by atoms with Crippen molar-refractivity contribution < 1.29 is 14.3 Å². The van der Waals surface area contributed by atoms with Crippen molar-refractivity contribution in [3.8, 4) is 5.75 Å². The Labute approximate surface area is 126 Å². The third kappa shape index (κ3) is 2.80. The highest BCUT2D eigenvalue weighted by Crippen LogP contribution is 2.30. The SMILES string of the molecule is COc1cc(N2CC(=O)NC(C(C)C)C2=O)ccc1Br. The first kappa shape index (κ1) is 14.8. The lowest BCUT2D eigenvalue weighted by Gasteiger charge is -2.34. The number of nitrogens with zero attached hydrogens (tertiary/aromatic N) is 1. The Bertz CT molecular complexity index is 545. The summed E-state index contributed by atoms with van der Waals surface area (Å²) in [6.07, 6.45) is 0. The molecule has 6 heteroatoms. The molecule has 0 spiro atoms. The molecule has 1 saturated heterocycles. The van der Waals surface area contributed by atoms with Crippen LogP contribution in [0.5, 0.6) is 5.75 Å². The summed E-state index contributed by atoms with van der Waals surface area (Å²) in [5.74, 6) is 0.433. The van der Waals surface area contributed by atoms with E-state index in [0.717, 1.165) is 4.47 Å². The van der Waals surface area contributed by atoms with Gasteiger partial charge in [0.15, 0.2) is 0 Å². The molecule has 5 nitrogen and oxygen atoms in total. The number of piperazine rings is 1. The number of benzene rings is 1. The zero-order valence-electron chi connectivity index (χ0n) is 11.6. The molecule has 1 atom stereocenters. The molecule has 2 amide bonds. The van der Waals surface area contributed by atoms with Gasteiger partial charge in [-0.3, -0.25) is 9.59 Å². The van der Waals surface area contributed by atoms with Gasteiger partial charge < -0.3 is 15.0 Å². The molecule has 1 aliphatic heterocycles. The number of carbonyl (C=O) groups is 2. The van der Waals surface area contributed by atoms with Gasteiger partial charge >= 0.3 is 0 Å². The molecule has 1 aromatic carbocycles. The zero-order valence-corrected chi connectivity index (χ0v) is 13.2. The Morgan fingerprint density at radius 1 is 1.40 bits per heavy atom. The van der Waals surface area contributed by atoms with Crippen molar-refractivity contribution in [3.63, 3.8) is 0 Å². The summed E-state index contributed by atoms with van der Waals surface area (Å²) >= 11 is 3.37. The van der Waals surface area contributed by atoms with Crippen LogP contribution in [-0.4, -0.2) is 31.5 Å². The van der Waals surface area contributed by atoms with E-state index < -0.39 is 6.04 Å². The smallest absolute Gasteiger partial charge is 0.250 e. The van der Waals surface area contributed by atoms with E-state index >= 15 is 0 Å². The monoisotopic (exact) mass is 340 g/mol. The van der Waals surface area contributed by atoms with Crippen LogP contribution in [0.3, 0.4) is 0 Å². The molecule has 1 aliphatic rings. The number of carbonyl (C=O) groups excluding carboxylic acids is 2. The van der Waals surface area contributed by atoms with Crippen LogP contribution in [0.1, 0.15) is 13.8 Å². The van der Waals surface area contributed by atoms with Gasteiger partial charge in [0.05, 0.1) is 11.6 Å². The van der Waals surface area contributed by atoms with E-state index in [0.29, 0.717) is 11.4 Å². The number of methoxy groups -OCH3 is 1. The molecule has 108 valence electrons. The molecular weight excluding hydrogens is 324 g/mol. The summed E-state index contributed by atoms with van der Waals surface area (Å²) in [6.45, 7) is 3.86. The van der Waals surface area contributed by atoms with E-state index in [2.05, 4.69) is 21.2 Å². The number of ether oxygens (including phenoxy) is 1. The number of amides is 2. The van der Waals surface area contributed by atoms with Gasteiger partial charge in [-0.1, -0.05) is 13.8 Å². The average Bonchev–Trinajstić information content (AvgIpc) is 2.41. The summed E-state index contributed by atoms with van der Waals surface area (Å²) in [5.41, 5.74) is 0.663. The maximum atomic E-state index is 12.5. The molecule has 1 aromatic rings. The number of nitrogens with one attached hydrogen (secondary N) is 1. The van der Waals surface area contributed by atoms with Crippen LogP contribution in [-0.2, 0) is 9.59 Å². The summed E-state index contributed by atoms with van der Waals surface area (Å²) < 4.78 is 6.03. The Balaban J connectivity index is 2.35. The lowest BCUT2D eigenvalue weighted by atomic mass is 10.0. The first-order chi connectivity index (χ1) is 9.43. The van der Waals surface area contributed by atoms with Gasteiger partial charge in [-0.15, -0.1) is 0 Å². The normalized spacial score (nSPS) is 19.2. The molecule has 1 heterocycles. The summed E-state index contributed by atoms with van der Waals surface area (Å²) in [4.78, 5) is 25.7. The summed E-state index contributed by atoms with van der Waals surface area (Å²) in [5, 5.41) is 2.73. The molecule has 1 N–H and O–H groups in total. The van der Waals surface area contributed by atoms with Crippen LogP contribution < -0.4 is 15.0 Å². The van der Waals surface area contributed by atoms with Crippen molar-refractivity contribution >= 4 is 33.4 Å². The van der Waals surface area contributed by atoms with Gasteiger partial charge in [-0.05, 0) is 34.0 Å². The molecule has 0 aliphatic carbocycles. The van der Waals surface area contributed by atoms with Gasteiger partial charge in [0.25, 0.3) is 0 Å². The van der Waals surface area contributed by atoms with Crippen LogP contribution in [0.25, 0.3) is 0 Å². The maximum Gasteiger partial charge on any atom is 0.250 e. The van der Waals surface area contributed by atoms with Crippen molar-refractivity contribution in [1.82, 2.24) is 5.32 Å². The van der Waals surface area contributed by atoms with Crippen molar-refractivity contribution in [1.29, 1.82) is 0 Å². The van der Waals surface area contributed by atoms with Crippen LogP contribution in [0, 0.1) is 5.92 Å². The average molecular weight is 341 g/mol. The fourth-order valence-corrected chi connectivity index (χ4v) is 2.57. The van der Waals surface area contributed by atoms with Gasteiger partial charge in [-0.2, -0.15) is 0 Å². The third-order valence-corrected chi connectivity index (χ3v) is 3.92. The summed E-state index contributed by atoms with van der Waals surface area (Å²) in [6, 6.07) is 4.86. The maximum absolute atomic E-state index is 12.5. The Morgan fingerprint density at radius 3 is 2.70 bits per heavy atom. The fourth-order valence-electron chi connectivity index (χ4n) is 2.16. The van der Waals surface area contributed by atoms with Gasteiger partial charge in [-0.25, -0.2) is 0 Å². The highest BCUT2D eigenvalue weighted by Gasteiger charge is 2.35. The Hall–Kier alpha value is -1.56. The number of hydrogen-bond donors (Lipinski definition) is 1. The molecule has 0 radical (unpaired) electrons. The largest absolute Gasteiger partial charge is 0.495 e. The highest BCUT2D eigenvalue weighted by molar-refractivity contribution is 9.10. The second-order valence-electron chi connectivity index (χ2n) is 5.03. The van der Waals surface area contributed by atoms with Crippen LogP contribution in [0.15, 0.2) is 22.7 Å². The van der Waals surface area contributed by atoms with E-state index in [1.165, 1.54) is 4.90 Å². The van der Waals surface area contributed by atoms with Gasteiger partial charge in [0, 0.05) is 11.8 Å². The lowest BCUT2D eigenvalue weighted by Crippen LogP contribution is -2.60. The van der Waals surface area contributed by atoms with E-state index in [1.54, 1.807) is 25.3 Å². The van der Waals surface area contributed by atoms with E-state index in [9.17, 15) is 9.59 Å². The number of hydrogen-bond acceptors (Lipinski definition) is 3. The highest BCUT2D eigenvalue weighted by atomic mass is 79.9. The van der Waals surface area contributed by atoms with Crippen LogP contribution in [0.2, 0.25) is 0 Å². The predicted molar refractivity (Wildman–Crippen MR) is 79.8 cm³/mol. The number of rotatable bonds is 3. The number of halogens is 1. The topological polar surface area (TPSA) is 58.6 Å². The molecular formula is C14H17BrN2O3. The standard InChI is InChI=1S/C14H17BrN2O3/c1-8(2)13-14(19)17(7-12(18)16-13)9-4-5-10(15)11(6-9)20-3/h4-6,8,13H,7H2,1-3H3,(H,16,18). The number of anilines is 1. The van der Waals surface area contributed by atoms with Crippen LogP contribution in [0.4, 0.5) is 5.69 Å². The molecule has 1 fully saturated rings. The van der Waals surface area contributed by atoms with Crippen LogP contribution >= 0.6 is 15.9 Å². The Kier molecular flexibility index (Phi) is 4.32. The minimum absolute atomic E-state index is 0.0346. The van der Waals surface area contributed by atoms with Crippen molar-refractivity contribution in [2.24, 2.45) is 5.92 Å². The minimum Gasteiger partial charge on any atom is -0.495 e. The molecule has 0 saturated carbocycles. The van der Waals surface area contributed by atoms with E-state index in [4.69, 9.17) is 4.74 Å². The van der Waals surface area contributed by atoms with E-state index in [1.807, 2.05) is 13.8 Å². The van der Waals surface area contributed by atoms with E-state index in [-0.39, 0.29) is 24.3 Å². The second kappa shape index (κ2) is 5.83. The van der Waals surface area contributed by atoms with Crippen molar-refractivity contribution in [3.05, 3.63) is 22.7 Å². The fraction of sp³-hybridized carbons (Fsp3) is 0.429. The summed E-state index contributed by atoms with van der Waals surface area (Å²) in [7, 11) is 1.56. The van der Waals surface area contributed by atoms with Gasteiger partial charge in [0.2, 0.25) is 11.8 Å². The quantitative estimate of drug-likeness (QED) is 0.914. The molecule has 20 heavy (non-hydrogen) atoms. The predicted octanol–water partition coefficient (Wildman–Crippen LogP) is 1.95. The molecule has 0 bridgehead atoms. The molecule has 1 unspecified atom stereocenters. The van der Waals surface area contributed by atoms with Crippen molar-refractivity contribution in [2.45, 2.75) is 19.9 Å². The van der Waals surface area contributed by atoms with Gasteiger partial charge in [0.1, 0.15) is 18.3 Å². The lowest BCUT2D eigenvalue weighted by molar-refractivity contribution is -0.132. The van der Waals surface area contributed by atoms with Crippen molar-refractivity contribution in [2.75, 3.05) is 18.6 Å².